The van der Waals surface area contributed by atoms with Crippen molar-refractivity contribution >= 4 is 5.91 Å². The number of ether oxygens (including phenoxy) is 1. The highest BCUT2D eigenvalue weighted by atomic mass is 16.5. The predicted octanol–water partition coefficient (Wildman–Crippen LogP) is 1.62. The van der Waals surface area contributed by atoms with Crippen LogP contribution >= 0.6 is 0 Å². The molecule has 1 aliphatic rings. The van der Waals surface area contributed by atoms with Gasteiger partial charge in [-0.1, -0.05) is 0 Å². The highest BCUT2D eigenvalue weighted by molar-refractivity contribution is 5.93. The summed E-state index contributed by atoms with van der Waals surface area (Å²) in [4.78, 5) is 18.5. The van der Waals surface area contributed by atoms with E-state index in [-0.39, 0.29) is 5.91 Å². The Balaban J connectivity index is 1.67. The molecule has 1 amide bonds. The Morgan fingerprint density at radius 3 is 2.71 bits per heavy atom. The standard InChI is InChI=1S/C16H25N3O2/c1-12-5-6-15(9-18-12)16(20)17-7-4-8-19-10-13(2)21-14(3)11-19/h5-6,9,13-14H,4,7-8,10-11H2,1-3H3,(H,17,20)/t13-,14+. The van der Waals surface area contributed by atoms with Gasteiger partial charge in [0.15, 0.2) is 0 Å². The number of carbonyl (C=O) groups excluding carboxylic acids is 1. The van der Waals surface area contributed by atoms with Gasteiger partial charge in [0.1, 0.15) is 0 Å². The van der Waals surface area contributed by atoms with Crippen molar-refractivity contribution in [3.8, 4) is 0 Å². The van der Waals surface area contributed by atoms with Crippen LogP contribution in [0.25, 0.3) is 0 Å². The first-order valence-corrected chi connectivity index (χ1v) is 7.63. The minimum absolute atomic E-state index is 0.0498. The normalized spacial score (nSPS) is 23.0. The molecule has 1 N–H and O–H groups in total. The molecular weight excluding hydrogens is 266 g/mol. The average molecular weight is 291 g/mol. The Labute approximate surface area is 126 Å². The fourth-order valence-corrected chi connectivity index (χ4v) is 2.68. The van der Waals surface area contributed by atoms with Crippen LogP contribution in [0, 0.1) is 6.92 Å². The summed E-state index contributed by atoms with van der Waals surface area (Å²) in [7, 11) is 0. The zero-order chi connectivity index (χ0) is 15.2. The zero-order valence-corrected chi connectivity index (χ0v) is 13.1. The molecule has 0 unspecified atom stereocenters. The lowest BCUT2D eigenvalue weighted by molar-refractivity contribution is -0.0679. The molecule has 0 saturated carbocycles. The second-order valence-electron chi connectivity index (χ2n) is 5.81. The van der Waals surface area contributed by atoms with Crippen LogP contribution in [0.2, 0.25) is 0 Å². The number of morpholine rings is 1. The van der Waals surface area contributed by atoms with Gasteiger partial charge in [0.2, 0.25) is 0 Å². The Morgan fingerprint density at radius 2 is 2.10 bits per heavy atom. The van der Waals surface area contributed by atoms with Crippen LogP contribution in [0.1, 0.15) is 36.3 Å². The number of aromatic nitrogens is 1. The summed E-state index contributed by atoms with van der Waals surface area (Å²) >= 11 is 0. The molecule has 5 heteroatoms. The van der Waals surface area contributed by atoms with E-state index in [1.54, 1.807) is 6.20 Å². The van der Waals surface area contributed by atoms with Crippen molar-refractivity contribution in [1.82, 2.24) is 15.2 Å². The van der Waals surface area contributed by atoms with Crippen LogP contribution in [0.3, 0.4) is 0 Å². The van der Waals surface area contributed by atoms with E-state index in [9.17, 15) is 4.79 Å². The highest BCUT2D eigenvalue weighted by Gasteiger charge is 2.21. The molecule has 0 radical (unpaired) electrons. The first-order valence-electron chi connectivity index (χ1n) is 7.63. The van der Waals surface area contributed by atoms with Crippen molar-refractivity contribution in [3.63, 3.8) is 0 Å². The van der Waals surface area contributed by atoms with Gasteiger partial charge in [0, 0.05) is 38.1 Å². The van der Waals surface area contributed by atoms with E-state index in [1.165, 1.54) is 0 Å². The van der Waals surface area contributed by atoms with Crippen molar-refractivity contribution in [1.29, 1.82) is 0 Å². The summed E-state index contributed by atoms with van der Waals surface area (Å²) < 4.78 is 5.71. The second-order valence-corrected chi connectivity index (χ2v) is 5.81. The molecule has 0 aliphatic carbocycles. The summed E-state index contributed by atoms with van der Waals surface area (Å²) in [5.41, 5.74) is 1.54. The van der Waals surface area contributed by atoms with Crippen molar-refractivity contribution in [2.45, 2.75) is 39.4 Å². The van der Waals surface area contributed by atoms with Crippen LogP contribution in [-0.4, -0.2) is 54.2 Å². The van der Waals surface area contributed by atoms with Crippen molar-refractivity contribution in [2.24, 2.45) is 0 Å². The number of rotatable bonds is 5. The van der Waals surface area contributed by atoms with Crippen molar-refractivity contribution in [2.75, 3.05) is 26.2 Å². The molecule has 1 fully saturated rings. The third-order valence-electron chi connectivity index (χ3n) is 3.61. The molecule has 0 aromatic carbocycles. The maximum absolute atomic E-state index is 11.9. The van der Waals surface area contributed by atoms with E-state index in [4.69, 9.17) is 4.74 Å². The van der Waals surface area contributed by atoms with Gasteiger partial charge >= 0.3 is 0 Å². The lowest BCUT2D eigenvalue weighted by Crippen LogP contribution is -2.46. The molecule has 116 valence electrons. The largest absolute Gasteiger partial charge is 0.373 e. The molecule has 21 heavy (non-hydrogen) atoms. The van der Waals surface area contributed by atoms with Gasteiger partial charge in [-0.3, -0.25) is 14.7 Å². The topological polar surface area (TPSA) is 54.5 Å². The van der Waals surface area contributed by atoms with Crippen LogP contribution in [-0.2, 0) is 4.74 Å². The van der Waals surface area contributed by atoms with Crippen LogP contribution < -0.4 is 5.32 Å². The maximum Gasteiger partial charge on any atom is 0.252 e. The third kappa shape index (κ3) is 5.10. The van der Waals surface area contributed by atoms with Crippen LogP contribution in [0.15, 0.2) is 18.3 Å². The molecule has 2 heterocycles. The van der Waals surface area contributed by atoms with Crippen LogP contribution in [0.4, 0.5) is 0 Å². The molecule has 1 saturated heterocycles. The van der Waals surface area contributed by atoms with E-state index in [2.05, 4.69) is 29.0 Å². The Hall–Kier alpha value is -1.46. The number of nitrogens with zero attached hydrogens (tertiary/aromatic N) is 2. The first-order chi connectivity index (χ1) is 10.0. The van der Waals surface area contributed by atoms with Gasteiger partial charge in [0.05, 0.1) is 17.8 Å². The molecular formula is C16H25N3O2. The quantitative estimate of drug-likeness (QED) is 0.838. The van der Waals surface area contributed by atoms with Crippen molar-refractivity contribution < 1.29 is 9.53 Å². The maximum atomic E-state index is 11.9. The summed E-state index contributed by atoms with van der Waals surface area (Å²) in [6.45, 7) is 9.74. The van der Waals surface area contributed by atoms with E-state index in [0.29, 0.717) is 24.3 Å². The number of hydrogen-bond donors (Lipinski definition) is 1. The Bertz CT molecular complexity index is 451. The number of hydrogen-bond acceptors (Lipinski definition) is 4. The van der Waals surface area contributed by atoms with E-state index in [1.807, 2.05) is 19.1 Å². The number of amides is 1. The molecule has 2 atom stereocenters. The lowest BCUT2D eigenvalue weighted by Gasteiger charge is -2.35. The second kappa shape index (κ2) is 7.52. The monoisotopic (exact) mass is 291 g/mol. The van der Waals surface area contributed by atoms with E-state index in [0.717, 1.165) is 31.7 Å². The number of pyridine rings is 1. The van der Waals surface area contributed by atoms with Gasteiger partial charge in [-0.25, -0.2) is 0 Å². The van der Waals surface area contributed by atoms with Gasteiger partial charge in [0.25, 0.3) is 5.91 Å². The van der Waals surface area contributed by atoms with E-state index >= 15 is 0 Å². The zero-order valence-electron chi connectivity index (χ0n) is 13.1. The molecule has 0 bridgehead atoms. The predicted molar refractivity (Wildman–Crippen MR) is 82.4 cm³/mol. The SMILES string of the molecule is Cc1ccc(C(=O)NCCCN2C[C@@H](C)O[C@@H](C)C2)cn1. The van der Waals surface area contributed by atoms with Gasteiger partial charge in [-0.2, -0.15) is 0 Å². The molecule has 5 nitrogen and oxygen atoms in total. The summed E-state index contributed by atoms with van der Waals surface area (Å²) in [5, 5.41) is 2.94. The number of carbonyl (C=O) groups is 1. The molecule has 1 aliphatic heterocycles. The third-order valence-corrected chi connectivity index (χ3v) is 3.61. The Kier molecular flexibility index (Phi) is 5.70. The first kappa shape index (κ1) is 15.9. The van der Waals surface area contributed by atoms with Crippen molar-refractivity contribution in [3.05, 3.63) is 29.6 Å². The van der Waals surface area contributed by atoms with Gasteiger partial charge < -0.3 is 10.1 Å². The Morgan fingerprint density at radius 1 is 1.38 bits per heavy atom. The fourth-order valence-electron chi connectivity index (χ4n) is 2.68. The molecule has 2 rings (SSSR count). The minimum Gasteiger partial charge on any atom is -0.373 e. The lowest BCUT2D eigenvalue weighted by atomic mass is 10.2. The average Bonchev–Trinajstić information content (AvgIpc) is 2.43. The smallest absolute Gasteiger partial charge is 0.252 e. The fraction of sp³-hybridized carbons (Fsp3) is 0.625. The highest BCUT2D eigenvalue weighted by Crippen LogP contribution is 2.10. The molecule has 1 aromatic rings. The van der Waals surface area contributed by atoms with Crippen LogP contribution in [0.5, 0.6) is 0 Å². The molecule has 0 spiro atoms. The molecule has 1 aromatic heterocycles. The summed E-state index contributed by atoms with van der Waals surface area (Å²) in [5.74, 6) is -0.0498. The van der Waals surface area contributed by atoms with E-state index < -0.39 is 0 Å². The van der Waals surface area contributed by atoms with Gasteiger partial charge in [-0.05, 0) is 39.3 Å². The number of nitrogens with one attached hydrogen (secondary N) is 1. The minimum atomic E-state index is -0.0498. The number of aryl methyl sites for hydroxylation is 1. The summed E-state index contributed by atoms with van der Waals surface area (Å²) in [6.07, 6.45) is 3.16. The summed E-state index contributed by atoms with van der Waals surface area (Å²) in [6, 6.07) is 3.66. The van der Waals surface area contributed by atoms with Gasteiger partial charge in [-0.15, -0.1) is 0 Å².